The molecule has 0 amide bonds. The van der Waals surface area contributed by atoms with Gasteiger partial charge in [0.1, 0.15) is 11.6 Å². The van der Waals surface area contributed by atoms with Crippen molar-refractivity contribution in [3.63, 3.8) is 0 Å². The Morgan fingerprint density at radius 3 is 2.65 bits per heavy atom. The number of benzene rings is 1. The number of hydrogen-bond donors (Lipinski definition) is 0. The van der Waals surface area contributed by atoms with Crippen LogP contribution in [0.1, 0.15) is 44.2 Å². The number of rotatable bonds is 5. The van der Waals surface area contributed by atoms with E-state index in [0.29, 0.717) is 23.6 Å². The Hall–Kier alpha value is -2.74. The molecule has 0 radical (unpaired) electrons. The van der Waals surface area contributed by atoms with Crippen molar-refractivity contribution in [3.8, 4) is 11.1 Å². The number of ether oxygens (including phenoxy) is 1. The lowest BCUT2D eigenvalue weighted by Gasteiger charge is -2.35. The SMILES string of the molecule is CCOC1N=CC=CN1c1c(-c2cc(F)ccc2F)ccnc1C1CCC(F)(F)CC1. The summed E-state index contributed by atoms with van der Waals surface area (Å²) in [4.78, 5) is 10.6. The Kier molecular flexibility index (Phi) is 6.09. The van der Waals surface area contributed by atoms with E-state index in [9.17, 15) is 17.6 Å². The Bertz CT molecular complexity index is 998. The van der Waals surface area contributed by atoms with Crippen LogP contribution in [-0.2, 0) is 4.74 Å². The Morgan fingerprint density at radius 2 is 1.90 bits per heavy atom. The quantitative estimate of drug-likeness (QED) is 0.539. The van der Waals surface area contributed by atoms with Gasteiger partial charge in [-0.2, -0.15) is 0 Å². The molecule has 1 fully saturated rings. The molecule has 1 aromatic heterocycles. The topological polar surface area (TPSA) is 37.7 Å². The number of anilines is 1. The minimum atomic E-state index is -2.69. The second kappa shape index (κ2) is 8.78. The molecule has 4 nitrogen and oxygen atoms in total. The van der Waals surface area contributed by atoms with E-state index < -0.39 is 23.9 Å². The molecular formula is C23H23F4N3O. The highest BCUT2D eigenvalue weighted by Crippen LogP contribution is 2.46. The largest absolute Gasteiger partial charge is 0.339 e. The molecule has 8 heteroatoms. The van der Waals surface area contributed by atoms with Gasteiger partial charge in [-0.05, 0) is 50.1 Å². The highest BCUT2D eigenvalue weighted by molar-refractivity contribution is 5.84. The summed E-state index contributed by atoms with van der Waals surface area (Å²) < 4.78 is 62.0. The van der Waals surface area contributed by atoms with E-state index in [4.69, 9.17) is 4.74 Å². The molecule has 1 saturated carbocycles. The van der Waals surface area contributed by atoms with Crippen LogP contribution in [0.5, 0.6) is 0 Å². The van der Waals surface area contributed by atoms with Gasteiger partial charge in [-0.25, -0.2) is 22.6 Å². The predicted octanol–water partition coefficient (Wildman–Crippen LogP) is 6.04. The highest BCUT2D eigenvalue weighted by Gasteiger charge is 2.38. The van der Waals surface area contributed by atoms with Crippen LogP contribution in [0, 0.1) is 11.6 Å². The van der Waals surface area contributed by atoms with Gasteiger partial charge in [-0.1, -0.05) is 0 Å². The number of aliphatic imine (C=N–C) groups is 1. The van der Waals surface area contributed by atoms with Crippen LogP contribution in [0.4, 0.5) is 23.2 Å². The number of aromatic nitrogens is 1. The Labute approximate surface area is 178 Å². The molecule has 2 heterocycles. The summed E-state index contributed by atoms with van der Waals surface area (Å²) in [6, 6.07) is 4.85. The molecular weight excluding hydrogens is 410 g/mol. The maximum absolute atomic E-state index is 14.7. The monoisotopic (exact) mass is 433 g/mol. The molecule has 164 valence electrons. The van der Waals surface area contributed by atoms with Crippen molar-refractivity contribution < 1.29 is 22.3 Å². The van der Waals surface area contributed by atoms with Gasteiger partial charge in [0.05, 0.1) is 11.4 Å². The van der Waals surface area contributed by atoms with Crippen LogP contribution >= 0.6 is 0 Å². The van der Waals surface area contributed by atoms with Crippen molar-refractivity contribution in [2.45, 2.75) is 50.8 Å². The van der Waals surface area contributed by atoms with E-state index in [1.165, 1.54) is 6.20 Å². The first-order chi connectivity index (χ1) is 14.9. The summed E-state index contributed by atoms with van der Waals surface area (Å²) in [5, 5.41) is 0. The van der Waals surface area contributed by atoms with E-state index in [1.807, 2.05) is 6.92 Å². The zero-order valence-corrected chi connectivity index (χ0v) is 17.1. The lowest BCUT2D eigenvalue weighted by Crippen LogP contribution is -2.35. The van der Waals surface area contributed by atoms with Crippen LogP contribution in [0.25, 0.3) is 11.1 Å². The number of halogens is 4. The van der Waals surface area contributed by atoms with Gasteiger partial charge < -0.3 is 9.64 Å². The van der Waals surface area contributed by atoms with Crippen LogP contribution in [0.2, 0.25) is 0 Å². The first-order valence-corrected chi connectivity index (χ1v) is 10.3. The fraction of sp³-hybridized carbons (Fsp3) is 0.391. The zero-order chi connectivity index (χ0) is 22.0. The first-order valence-electron chi connectivity index (χ1n) is 10.3. The number of alkyl halides is 2. The van der Waals surface area contributed by atoms with Gasteiger partial charge in [0.25, 0.3) is 0 Å². The third-order valence-corrected chi connectivity index (χ3v) is 5.63. The van der Waals surface area contributed by atoms with Crippen molar-refractivity contribution in [1.29, 1.82) is 0 Å². The smallest absolute Gasteiger partial charge is 0.248 e. The standard InChI is InChI=1S/C23H23F4N3O/c1-2-31-22-29-11-3-13-30(22)21-17(18-14-16(24)4-5-19(18)25)8-12-28-20(21)15-6-9-23(26,27)10-7-15/h3-5,8,11-15,22H,2,6-7,9-10H2,1H3. The van der Waals surface area contributed by atoms with Crippen molar-refractivity contribution in [3.05, 3.63) is 60.1 Å². The molecule has 2 aliphatic rings. The maximum Gasteiger partial charge on any atom is 0.248 e. The van der Waals surface area contributed by atoms with Crippen molar-refractivity contribution in [1.82, 2.24) is 4.98 Å². The normalized spacial score (nSPS) is 20.9. The molecule has 2 aromatic rings. The van der Waals surface area contributed by atoms with Gasteiger partial charge in [0, 0.05) is 55.1 Å². The average Bonchev–Trinajstić information content (AvgIpc) is 2.76. The summed E-state index contributed by atoms with van der Waals surface area (Å²) in [6.07, 6.45) is 5.84. The van der Waals surface area contributed by atoms with Gasteiger partial charge in [-0.15, -0.1) is 0 Å². The molecule has 0 saturated heterocycles. The van der Waals surface area contributed by atoms with Crippen molar-refractivity contribution in [2.24, 2.45) is 4.99 Å². The minimum absolute atomic E-state index is 0.0676. The van der Waals surface area contributed by atoms with Crippen molar-refractivity contribution >= 4 is 11.9 Å². The third-order valence-electron chi connectivity index (χ3n) is 5.63. The van der Waals surface area contributed by atoms with Crippen LogP contribution in [0.15, 0.2) is 47.7 Å². The summed E-state index contributed by atoms with van der Waals surface area (Å²) >= 11 is 0. The molecule has 1 aliphatic heterocycles. The average molecular weight is 433 g/mol. The highest BCUT2D eigenvalue weighted by atomic mass is 19.3. The second-order valence-corrected chi connectivity index (χ2v) is 7.68. The molecule has 1 aliphatic carbocycles. The van der Waals surface area contributed by atoms with E-state index in [0.717, 1.165) is 18.2 Å². The molecule has 0 N–H and O–H groups in total. The van der Waals surface area contributed by atoms with Gasteiger partial charge >= 0.3 is 0 Å². The fourth-order valence-electron chi connectivity index (χ4n) is 4.13. The van der Waals surface area contributed by atoms with E-state index in [-0.39, 0.29) is 37.2 Å². The summed E-state index contributed by atoms with van der Waals surface area (Å²) in [7, 11) is 0. The Balaban J connectivity index is 1.87. The van der Waals surface area contributed by atoms with Crippen LogP contribution < -0.4 is 4.90 Å². The lowest BCUT2D eigenvalue weighted by atomic mass is 9.83. The van der Waals surface area contributed by atoms with Crippen LogP contribution in [-0.4, -0.2) is 30.1 Å². The lowest BCUT2D eigenvalue weighted by molar-refractivity contribution is -0.0384. The van der Waals surface area contributed by atoms with E-state index in [1.54, 1.807) is 29.5 Å². The molecule has 1 aromatic carbocycles. The maximum atomic E-state index is 14.7. The second-order valence-electron chi connectivity index (χ2n) is 7.68. The molecule has 31 heavy (non-hydrogen) atoms. The third kappa shape index (κ3) is 4.49. The minimum Gasteiger partial charge on any atom is -0.339 e. The van der Waals surface area contributed by atoms with Gasteiger partial charge in [-0.3, -0.25) is 4.98 Å². The number of nitrogens with zero attached hydrogens (tertiary/aromatic N) is 3. The number of hydrogen-bond acceptors (Lipinski definition) is 4. The predicted molar refractivity (Wildman–Crippen MR) is 111 cm³/mol. The van der Waals surface area contributed by atoms with Gasteiger partial charge in [0.2, 0.25) is 12.3 Å². The molecule has 0 spiro atoms. The van der Waals surface area contributed by atoms with E-state index in [2.05, 4.69) is 9.98 Å². The molecule has 0 bridgehead atoms. The first kappa shape index (κ1) is 21.5. The number of allylic oxidation sites excluding steroid dienone is 1. The molecule has 1 atom stereocenters. The Morgan fingerprint density at radius 1 is 1.13 bits per heavy atom. The fourth-order valence-corrected chi connectivity index (χ4v) is 4.13. The summed E-state index contributed by atoms with van der Waals surface area (Å²) in [6.45, 7) is 2.20. The number of pyridine rings is 1. The van der Waals surface area contributed by atoms with E-state index >= 15 is 0 Å². The summed E-state index contributed by atoms with van der Waals surface area (Å²) in [5.74, 6) is -4.10. The van der Waals surface area contributed by atoms with Crippen molar-refractivity contribution in [2.75, 3.05) is 11.5 Å². The summed E-state index contributed by atoms with van der Waals surface area (Å²) in [5.41, 5.74) is 1.53. The van der Waals surface area contributed by atoms with Crippen LogP contribution in [0.3, 0.4) is 0 Å². The zero-order valence-electron chi connectivity index (χ0n) is 17.1. The molecule has 1 unspecified atom stereocenters. The van der Waals surface area contributed by atoms with Gasteiger partial charge in [0.15, 0.2) is 0 Å². The molecule has 4 rings (SSSR count).